The van der Waals surface area contributed by atoms with Gasteiger partial charge in [-0.05, 0) is 92.4 Å². The van der Waals surface area contributed by atoms with Crippen molar-refractivity contribution in [2.45, 2.75) is 51.6 Å². The second-order valence-electron chi connectivity index (χ2n) is 9.47. The lowest BCUT2D eigenvalue weighted by molar-refractivity contribution is -0.139. The summed E-state index contributed by atoms with van der Waals surface area (Å²) in [6, 6.07) is 15.0. The minimum absolute atomic E-state index is 0.0121. The fraction of sp³-hybridized carbons (Fsp3) is 0.310. The largest absolute Gasteiger partial charge is 0.354 e. The summed E-state index contributed by atoms with van der Waals surface area (Å²) in [6.07, 6.45) is 0.721. The maximum Gasteiger partial charge on any atom is 0.264 e. The summed E-state index contributed by atoms with van der Waals surface area (Å²) in [5.41, 5.74) is 2.79. The van der Waals surface area contributed by atoms with Gasteiger partial charge in [0.1, 0.15) is 12.6 Å². The molecule has 0 aliphatic carbocycles. The Morgan fingerprint density at radius 2 is 1.57 bits per heavy atom. The third-order valence-corrected chi connectivity index (χ3v) is 9.29. The summed E-state index contributed by atoms with van der Waals surface area (Å²) in [5, 5.41) is 3.85. The lowest BCUT2D eigenvalue weighted by Gasteiger charge is -2.32. The Morgan fingerprint density at radius 3 is 2.17 bits per heavy atom. The maximum atomic E-state index is 13.9. The van der Waals surface area contributed by atoms with Gasteiger partial charge in [-0.1, -0.05) is 53.9 Å². The van der Waals surface area contributed by atoms with Crippen LogP contribution in [0.2, 0.25) is 15.1 Å². The van der Waals surface area contributed by atoms with E-state index in [4.69, 9.17) is 34.8 Å². The highest BCUT2D eigenvalue weighted by atomic mass is 35.5. The van der Waals surface area contributed by atoms with E-state index in [9.17, 15) is 18.0 Å². The molecule has 0 radical (unpaired) electrons. The number of halogens is 3. The van der Waals surface area contributed by atoms with E-state index >= 15 is 0 Å². The van der Waals surface area contributed by atoms with E-state index < -0.39 is 28.5 Å². The van der Waals surface area contributed by atoms with Gasteiger partial charge in [0.15, 0.2) is 0 Å². The molecule has 214 valence electrons. The number of nitrogens with zero attached hydrogens (tertiary/aromatic N) is 2. The molecule has 0 aromatic heterocycles. The number of carbonyl (C=O) groups excluding carboxylic acids is 2. The molecule has 3 rings (SSSR count). The van der Waals surface area contributed by atoms with Crippen LogP contribution in [-0.4, -0.2) is 44.3 Å². The standard InChI is InChI=1S/C29H32Cl3N3O4S/c1-5-14-33-29(37)21(4)34(17-22-7-13-26(31)27(32)16-22)28(36)18-35(24-10-6-19(2)20(3)15-24)40(38,39)25-11-8-23(30)9-12-25/h6-13,15-16,21H,5,14,17-18H2,1-4H3,(H,33,37)/t21-/m0/s1. The van der Waals surface area contributed by atoms with Gasteiger partial charge in [0.25, 0.3) is 10.0 Å². The van der Waals surface area contributed by atoms with E-state index in [0.29, 0.717) is 32.9 Å². The minimum Gasteiger partial charge on any atom is -0.354 e. The van der Waals surface area contributed by atoms with Gasteiger partial charge in [0.05, 0.1) is 20.6 Å². The molecule has 7 nitrogen and oxygen atoms in total. The molecule has 0 saturated carbocycles. The van der Waals surface area contributed by atoms with Crippen molar-refractivity contribution in [3.8, 4) is 0 Å². The molecule has 3 aromatic rings. The molecule has 0 fully saturated rings. The van der Waals surface area contributed by atoms with Crippen LogP contribution >= 0.6 is 34.8 Å². The average Bonchev–Trinajstić information content (AvgIpc) is 2.92. The average molecular weight is 625 g/mol. The highest BCUT2D eigenvalue weighted by Gasteiger charge is 2.32. The van der Waals surface area contributed by atoms with Crippen LogP contribution in [0.15, 0.2) is 65.6 Å². The van der Waals surface area contributed by atoms with Crippen LogP contribution < -0.4 is 9.62 Å². The summed E-state index contributed by atoms with van der Waals surface area (Å²) in [5.74, 6) is -0.922. The van der Waals surface area contributed by atoms with E-state index in [1.165, 1.54) is 29.2 Å². The monoisotopic (exact) mass is 623 g/mol. The summed E-state index contributed by atoms with van der Waals surface area (Å²) in [4.78, 5) is 28.2. The molecule has 0 aliphatic rings. The number of benzene rings is 3. The van der Waals surface area contributed by atoms with Crippen molar-refractivity contribution in [2.24, 2.45) is 0 Å². The summed E-state index contributed by atoms with van der Waals surface area (Å²) < 4.78 is 28.8. The number of aryl methyl sites for hydroxylation is 2. The molecule has 0 heterocycles. The first-order valence-corrected chi connectivity index (χ1v) is 15.3. The molecule has 0 saturated heterocycles. The van der Waals surface area contributed by atoms with Gasteiger partial charge in [-0.2, -0.15) is 0 Å². The van der Waals surface area contributed by atoms with Gasteiger partial charge in [0, 0.05) is 18.1 Å². The van der Waals surface area contributed by atoms with Gasteiger partial charge in [0.2, 0.25) is 11.8 Å². The number of hydrogen-bond acceptors (Lipinski definition) is 4. The predicted octanol–water partition coefficient (Wildman–Crippen LogP) is 6.40. The summed E-state index contributed by atoms with van der Waals surface area (Å²) >= 11 is 18.3. The first kappa shape index (κ1) is 31.7. The Labute approximate surface area is 251 Å². The number of hydrogen-bond donors (Lipinski definition) is 1. The smallest absolute Gasteiger partial charge is 0.264 e. The fourth-order valence-corrected chi connectivity index (χ4v) is 5.81. The molecule has 1 N–H and O–H groups in total. The van der Waals surface area contributed by atoms with E-state index in [0.717, 1.165) is 21.9 Å². The molecule has 0 spiro atoms. The van der Waals surface area contributed by atoms with E-state index in [2.05, 4.69) is 5.32 Å². The van der Waals surface area contributed by atoms with Crippen molar-refractivity contribution in [1.29, 1.82) is 0 Å². The number of carbonyl (C=O) groups is 2. The minimum atomic E-state index is -4.19. The quantitative estimate of drug-likeness (QED) is 0.267. The zero-order chi connectivity index (χ0) is 29.6. The molecular weight excluding hydrogens is 593 g/mol. The first-order chi connectivity index (χ1) is 18.8. The van der Waals surface area contributed by atoms with E-state index in [1.54, 1.807) is 43.3 Å². The van der Waals surface area contributed by atoms with Crippen LogP contribution in [0.3, 0.4) is 0 Å². The lowest BCUT2D eigenvalue weighted by Crippen LogP contribution is -2.51. The van der Waals surface area contributed by atoms with Crippen molar-refractivity contribution in [1.82, 2.24) is 10.2 Å². The van der Waals surface area contributed by atoms with Crippen molar-refractivity contribution in [2.75, 3.05) is 17.4 Å². The van der Waals surface area contributed by atoms with Gasteiger partial charge >= 0.3 is 0 Å². The predicted molar refractivity (Wildman–Crippen MR) is 162 cm³/mol. The van der Waals surface area contributed by atoms with Gasteiger partial charge in [-0.25, -0.2) is 8.42 Å². The maximum absolute atomic E-state index is 13.9. The van der Waals surface area contributed by atoms with E-state index in [-0.39, 0.29) is 17.3 Å². The number of rotatable bonds is 11. The number of sulfonamides is 1. The van der Waals surface area contributed by atoms with Crippen molar-refractivity contribution < 1.29 is 18.0 Å². The molecule has 3 aromatic carbocycles. The van der Waals surface area contributed by atoms with Crippen LogP contribution in [0.5, 0.6) is 0 Å². The molecule has 0 unspecified atom stereocenters. The highest BCUT2D eigenvalue weighted by Crippen LogP contribution is 2.28. The van der Waals surface area contributed by atoms with Crippen LogP contribution in [-0.2, 0) is 26.2 Å². The Kier molecular flexibility index (Phi) is 10.9. The normalized spacial score (nSPS) is 12.1. The van der Waals surface area contributed by atoms with Crippen LogP contribution in [0.25, 0.3) is 0 Å². The first-order valence-electron chi connectivity index (χ1n) is 12.7. The fourth-order valence-electron chi connectivity index (χ4n) is 3.96. The SMILES string of the molecule is CCCNC(=O)[C@H](C)N(Cc1ccc(Cl)c(Cl)c1)C(=O)CN(c1ccc(C)c(C)c1)S(=O)(=O)c1ccc(Cl)cc1. The molecule has 0 aliphatic heterocycles. The van der Waals surface area contributed by atoms with Gasteiger partial charge in [-0.15, -0.1) is 0 Å². The zero-order valence-corrected chi connectivity index (χ0v) is 25.8. The topological polar surface area (TPSA) is 86.8 Å². The molecule has 11 heteroatoms. The summed E-state index contributed by atoms with van der Waals surface area (Å²) in [6.45, 7) is 7.22. The molecule has 1 atom stereocenters. The van der Waals surface area contributed by atoms with Gasteiger partial charge in [-0.3, -0.25) is 13.9 Å². The number of anilines is 1. The van der Waals surface area contributed by atoms with Crippen molar-refractivity contribution in [3.63, 3.8) is 0 Å². The second-order valence-corrected chi connectivity index (χ2v) is 12.6. The Hall–Kier alpha value is -2.78. The molecular formula is C29H32Cl3N3O4S. The lowest BCUT2D eigenvalue weighted by atomic mass is 10.1. The van der Waals surface area contributed by atoms with Crippen molar-refractivity contribution in [3.05, 3.63) is 92.4 Å². The van der Waals surface area contributed by atoms with Crippen LogP contribution in [0.1, 0.15) is 37.0 Å². The highest BCUT2D eigenvalue weighted by molar-refractivity contribution is 7.92. The van der Waals surface area contributed by atoms with Crippen molar-refractivity contribution >= 4 is 62.3 Å². The molecule has 0 bridgehead atoms. The molecule has 2 amide bonds. The second kappa shape index (κ2) is 13.7. The number of amides is 2. The van der Waals surface area contributed by atoms with Crippen LogP contribution in [0, 0.1) is 13.8 Å². The Morgan fingerprint density at radius 1 is 0.900 bits per heavy atom. The number of nitrogens with one attached hydrogen (secondary N) is 1. The van der Waals surface area contributed by atoms with E-state index in [1.807, 2.05) is 20.8 Å². The third kappa shape index (κ3) is 7.69. The summed E-state index contributed by atoms with van der Waals surface area (Å²) in [7, 11) is -4.19. The van der Waals surface area contributed by atoms with Gasteiger partial charge < -0.3 is 10.2 Å². The van der Waals surface area contributed by atoms with Crippen LogP contribution in [0.4, 0.5) is 5.69 Å². The Bertz CT molecular complexity index is 1480. The third-order valence-electron chi connectivity index (χ3n) is 6.51. The Balaban J connectivity index is 2.05. The zero-order valence-electron chi connectivity index (χ0n) is 22.7. The molecule has 40 heavy (non-hydrogen) atoms.